The van der Waals surface area contributed by atoms with Gasteiger partial charge in [0, 0.05) is 36.4 Å². The number of aryl methyl sites for hydroxylation is 2. The average Bonchev–Trinajstić information content (AvgIpc) is 2.97. The van der Waals surface area contributed by atoms with Gasteiger partial charge in [-0.15, -0.1) is 0 Å². The lowest BCUT2D eigenvalue weighted by atomic mass is 9.95. The van der Waals surface area contributed by atoms with Gasteiger partial charge in [0.05, 0.1) is 0 Å². The largest absolute Gasteiger partial charge is 0.367 e. The van der Waals surface area contributed by atoms with Gasteiger partial charge in [0.1, 0.15) is 5.82 Å². The zero-order valence-electron chi connectivity index (χ0n) is 22.9. The SMILES string of the molecule is Cc1ccc(C(C)CNC(=O)c2ccc3c(c2)CCCN3Cc2ccccc2-c2ccc(C(N)=O)cc2)cc1F. The van der Waals surface area contributed by atoms with E-state index in [0.717, 1.165) is 53.9 Å². The van der Waals surface area contributed by atoms with Crippen LogP contribution in [-0.2, 0) is 13.0 Å². The van der Waals surface area contributed by atoms with Crippen LogP contribution in [0.15, 0.2) is 84.9 Å². The Hall–Kier alpha value is -4.45. The summed E-state index contributed by atoms with van der Waals surface area (Å²) in [7, 11) is 0. The fourth-order valence-corrected chi connectivity index (χ4v) is 5.32. The van der Waals surface area contributed by atoms with Gasteiger partial charge in [-0.3, -0.25) is 9.59 Å². The molecule has 1 heterocycles. The predicted molar refractivity (Wildman–Crippen MR) is 158 cm³/mol. The molecule has 5 nitrogen and oxygen atoms in total. The number of hydrogen-bond acceptors (Lipinski definition) is 3. The molecule has 1 atom stereocenters. The van der Waals surface area contributed by atoms with E-state index in [4.69, 9.17) is 5.73 Å². The first-order valence-corrected chi connectivity index (χ1v) is 13.7. The third-order valence-electron chi connectivity index (χ3n) is 7.75. The maximum atomic E-state index is 14.0. The first-order valence-electron chi connectivity index (χ1n) is 13.7. The Bertz CT molecular complexity index is 1550. The van der Waals surface area contributed by atoms with Crippen LogP contribution in [-0.4, -0.2) is 24.9 Å². The quantitative estimate of drug-likeness (QED) is 0.275. The molecule has 40 heavy (non-hydrogen) atoms. The summed E-state index contributed by atoms with van der Waals surface area (Å²) in [6.45, 7) is 5.82. The molecular formula is C34H34FN3O2. The highest BCUT2D eigenvalue weighted by Gasteiger charge is 2.20. The minimum absolute atomic E-state index is 0.000709. The van der Waals surface area contributed by atoms with Crippen molar-refractivity contribution < 1.29 is 14.0 Å². The van der Waals surface area contributed by atoms with E-state index in [9.17, 15) is 14.0 Å². The maximum absolute atomic E-state index is 14.0. The van der Waals surface area contributed by atoms with Crippen molar-refractivity contribution in [2.24, 2.45) is 5.73 Å². The van der Waals surface area contributed by atoms with Crippen molar-refractivity contribution >= 4 is 17.5 Å². The van der Waals surface area contributed by atoms with Crippen molar-refractivity contribution in [1.29, 1.82) is 0 Å². The fraction of sp³-hybridized carbons (Fsp3) is 0.235. The molecule has 0 saturated heterocycles. The van der Waals surface area contributed by atoms with Crippen molar-refractivity contribution in [2.75, 3.05) is 18.0 Å². The van der Waals surface area contributed by atoms with Crippen LogP contribution in [0.4, 0.5) is 10.1 Å². The molecule has 6 heteroatoms. The van der Waals surface area contributed by atoms with E-state index in [0.29, 0.717) is 23.2 Å². The minimum Gasteiger partial charge on any atom is -0.367 e. The van der Waals surface area contributed by atoms with E-state index in [1.54, 1.807) is 31.2 Å². The number of benzene rings is 4. The predicted octanol–water partition coefficient (Wildman–Crippen LogP) is 6.39. The topological polar surface area (TPSA) is 75.4 Å². The Kier molecular flexibility index (Phi) is 7.96. The van der Waals surface area contributed by atoms with E-state index in [1.165, 1.54) is 5.56 Å². The van der Waals surface area contributed by atoms with Gasteiger partial charge in [0.25, 0.3) is 5.91 Å². The van der Waals surface area contributed by atoms with Crippen LogP contribution in [0.3, 0.4) is 0 Å². The molecule has 0 spiro atoms. The third-order valence-corrected chi connectivity index (χ3v) is 7.75. The van der Waals surface area contributed by atoms with E-state index < -0.39 is 5.91 Å². The number of carbonyl (C=O) groups is 2. The summed E-state index contributed by atoms with van der Waals surface area (Å²) in [6, 6.07) is 26.9. The molecule has 4 aromatic rings. The minimum atomic E-state index is -0.436. The highest BCUT2D eigenvalue weighted by atomic mass is 19.1. The van der Waals surface area contributed by atoms with E-state index >= 15 is 0 Å². The van der Waals surface area contributed by atoms with Crippen molar-refractivity contribution in [3.63, 3.8) is 0 Å². The normalized spacial score (nSPS) is 13.4. The third kappa shape index (κ3) is 5.91. The summed E-state index contributed by atoms with van der Waals surface area (Å²) in [5, 5.41) is 3.02. The second-order valence-corrected chi connectivity index (χ2v) is 10.6. The Balaban J connectivity index is 1.29. The molecule has 4 aromatic carbocycles. The Labute approximate surface area is 234 Å². The standard InChI is InChI=1S/C34H34FN3O2/c1-22-9-10-26(19-31(22)35)23(2)20-37-34(40)28-15-16-32-27(18-28)7-5-17-38(32)21-29-6-3-4-8-30(29)24-11-13-25(14-12-24)33(36)39/h3-4,6,8-16,18-19,23H,5,7,17,20-21H2,1-2H3,(H2,36,39)(H,37,40). The second-order valence-electron chi connectivity index (χ2n) is 10.6. The molecule has 1 aliphatic heterocycles. The first-order chi connectivity index (χ1) is 19.3. The van der Waals surface area contributed by atoms with Gasteiger partial charge in [-0.05, 0) is 95.5 Å². The van der Waals surface area contributed by atoms with Gasteiger partial charge in [-0.1, -0.05) is 55.5 Å². The fourth-order valence-electron chi connectivity index (χ4n) is 5.32. The smallest absolute Gasteiger partial charge is 0.251 e. The second kappa shape index (κ2) is 11.7. The number of amides is 2. The zero-order chi connectivity index (χ0) is 28.2. The lowest BCUT2D eigenvalue weighted by Crippen LogP contribution is -2.30. The molecule has 204 valence electrons. The Morgan fingerprint density at radius 2 is 1.73 bits per heavy atom. The van der Waals surface area contributed by atoms with E-state index in [1.807, 2.05) is 55.5 Å². The molecule has 1 unspecified atom stereocenters. The summed E-state index contributed by atoms with van der Waals surface area (Å²) in [4.78, 5) is 26.9. The summed E-state index contributed by atoms with van der Waals surface area (Å²) in [6.07, 6.45) is 1.92. The molecule has 0 saturated carbocycles. The molecule has 0 fully saturated rings. The number of hydrogen-bond donors (Lipinski definition) is 2. The van der Waals surface area contributed by atoms with Crippen LogP contribution in [0.1, 0.15) is 62.2 Å². The van der Waals surface area contributed by atoms with Crippen LogP contribution in [0.5, 0.6) is 0 Å². The number of carbonyl (C=O) groups excluding carboxylic acids is 2. The molecule has 1 aliphatic rings. The monoisotopic (exact) mass is 535 g/mol. The van der Waals surface area contributed by atoms with Gasteiger partial charge in [0.15, 0.2) is 0 Å². The number of nitrogens with zero attached hydrogens (tertiary/aromatic N) is 1. The van der Waals surface area contributed by atoms with Crippen LogP contribution in [0.2, 0.25) is 0 Å². The van der Waals surface area contributed by atoms with Gasteiger partial charge in [-0.2, -0.15) is 0 Å². The van der Waals surface area contributed by atoms with Crippen molar-refractivity contribution in [2.45, 2.75) is 39.2 Å². The van der Waals surface area contributed by atoms with Crippen LogP contribution >= 0.6 is 0 Å². The number of fused-ring (bicyclic) bond motifs is 1. The van der Waals surface area contributed by atoms with Crippen LogP contribution in [0, 0.1) is 12.7 Å². The van der Waals surface area contributed by atoms with Crippen molar-refractivity contribution in [3.8, 4) is 11.1 Å². The Morgan fingerprint density at radius 3 is 2.48 bits per heavy atom. The van der Waals surface area contributed by atoms with E-state index in [2.05, 4.69) is 22.3 Å². The summed E-state index contributed by atoms with van der Waals surface area (Å²) < 4.78 is 14.0. The molecule has 0 bridgehead atoms. The number of anilines is 1. The summed E-state index contributed by atoms with van der Waals surface area (Å²) in [5.41, 5.74) is 13.7. The van der Waals surface area contributed by atoms with Gasteiger partial charge in [-0.25, -0.2) is 4.39 Å². The molecule has 3 N–H and O–H groups in total. The molecule has 5 rings (SSSR count). The maximum Gasteiger partial charge on any atom is 0.251 e. The van der Waals surface area contributed by atoms with Crippen molar-refractivity contribution in [1.82, 2.24) is 5.32 Å². The average molecular weight is 536 g/mol. The van der Waals surface area contributed by atoms with Gasteiger partial charge >= 0.3 is 0 Å². The lowest BCUT2D eigenvalue weighted by Gasteiger charge is -2.32. The lowest BCUT2D eigenvalue weighted by molar-refractivity contribution is 0.0950. The first kappa shape index (κ1) is 27.1. The summed E-state index contributed by atoms with van der Waals surface area (Å²) in [5.74, 6) is -0.782. The van der Waals surface area contributed by atoms with Crippen molar-refractivity contribution in [3.05, 3.63) is 124 Å². The van der Waals surface area contributed by atoms with Gasteiger partial charge in [0.2, 0.25) is 5.91 Å². The summed E-state index contributed by atoms with van der Waals surface area (Å²) >= 11 is 0. The highest BCUT2D eigenvalue weighted by Crippen LogP contribution is 2.32. The van der Waals surface area contributed by atoms with Crippen LogP contribution < -0.4 is 16.0 Å². The molecule has 2 amide bonds. The molecular weight excluding hydrogens is 501 g/mol. The van der Waals surface area contributed by atoms with Gasteiger partial charge < -0.3 is 16.0 Å². The number of primary amides is 1. The molecule has 0 aromatic heterocycles. The number of halogens is 1. The van der Waals surface area contributed by atoms with E-state index in [-0.39, 0.29) is 17.6 Å². The number of nitrogens with one attached hydrogen (secondary N) is 1. The number of nitrogens with two attached hydrogens (primary N) is 1. The zero-order valence-corrected chi connectivity index (χ0v) is 22.9. The number of rotatable bonds is 8. The van der Waals surface area contributed by atoms with Crippen LogP contribution in [0.25, 0.3) is 11.1 Å². The molecule has 0 radical (unpaired) electrons. The molecule has 0 aliphatic carbocycles. The Morgan fingerprint density at radius 1 is 0.975 bits per heavy atom. The highest BCUT2D eigenvalue weighted by molar-refractivity contribution is 5.95.